The zero-order valence-electron chi connectivity index (χ0n) is 8.74. The number of aromatic amines is 1. The van der Waals surface area contributed by atoms with E-state index in [1.807, 2.05) is 6.20 Å². The molecule has 1 aromatic rings. The molecule has 1 aliphatic rings. The molecule has 2 heterocycles. The smallest absolute Gasteiger partial charge is 0.0921 e. The molecule has 2 N–H and O–H groups in total. The number of rotatable bonds is 3. The fourth-order valence-corrected chi connectivity index (χ4v) is 1.95. The van der Waals surface area contributed by atoms with Crippen LogP contribution in [0.2, 0.25) is 0 Å². The number of piperidine rings is 1. The van der Waals surface area contributed by atoms with Gasteiger partial charge in [-0.3, -0.25) is 0 Å². The van der Waals surface area contributed by atoms with Crippen LogP contribution in [0.3, 0.4) is 0 Å². The van der Waals surface area contributed by atoms with E-state index in [0.29, 0.717) is 0 Å². The monoisotopic (exact) mass is 251 g/mol. The van der Waals surface area contributed by atoms with Gasteiger partial charge in [0.1, 0.15) is 0 Å². The molecule has 0 spiro atoms. The van der Waals surface area contributed by atoms with Gasteiger partial charge in [0.15, 0.2) is 0 Å². The Morgan fingerprint density at radius 1 is 1.27 bits per heavy atom. The molecule has 1 aliphatic heterocycles. The summed E-state index contributed by atoms with van der Waals surface area (Å²) in [6.45, 7) is 2.40. The average Bonchev–Trinajstić information content (AvgIpc) is 2.69. The number of hydrogen-bond donors (Lipinski definition) is 2. The maximum Gasteiger partial charge on any atom is 0.0921 e. The third-order valence-electron chi connectivity index (χ3n) is 2.84. The lowest BCUT2D eigenvalue weighted by Crippen LogP contribution is -2.27. The molecule has 0 aliphatic carbocycles. The van der Waals surface area contributed by atoms with Crippen molar-refractivity contribution in [1.82, 2.24) is 15.3 Å². The van der Waals surface area contributed by atoms with E-state index in [0.717, 1.165) is 12.3 Å². The molecule has 0 aromatic carbocycles. The molecular weight excluding hydrogens is 233 g/mol. The molecule has 15 heavy (non-hydrogen) atoms. The Morgan fingerprint density at radius 3 is 2.60 bits per heavy atom. The quantitative estimate of drug-likeness (QED) is 0.865. The van der Waals surface area contributed by atoms with Crippen LogP contribution in [0.1, 0.15) is 25.0 Å². The lowest BCUT2D eigenvalue weighted by atomic mass is 9.93. The number of imidazole rings is 1. The van der Waals surface area contributed by atoms with Crippen LogP contribution in [0.5, 0.6) is 0 Å². The predicted molar refractivity (Wildman–Crippen MR) is 67.0 cm³/mol. The first-order valence-corrected chi connectivity index (χ1v) is 5.13. The summed E-state index contributed by atoms with van der Waals surface area (Å²) >= 11 is 0. The number of aryl methyl sites for hydroxylation is 1. The number of hydrogen-bond acceptors (Lipinski definition) is 2. The Labute approximate surface area is 103 Å². The second-order valence-corrected chi connectivity index (χ2v) is 3.81. The number of halogens is 2. The van der Waals surface area contributed by atoms with E-state index in [2.05, 4.69) is 15.3 Å². The van der Waals surface area contributed by atoms with E-state index in [9.17, 15) is 0 Å². The van der Waals surface area contributed by atoms with Crippen molar-refractivity contribution in [3.05, 3.63) is 18.2 Å². The van der Waals surface area contributed by atoms with Crippen molar-refractivity contribution < 1.29 is 0 Å². The zero-order chi connectivity index (χ0) is 8.93. The molecule has 1 aromatic heterocycles. The Hall–Kier alpha value is -0.250. The molecule has 0 radical (unpaired) electrons. The van der Waals surface area contributed by atoms with Gasteiger partial charge in [-0.1, -0.05) is 0 Å². The van der Waals surface area contributed by atoms with E-state index in [1.54, 1.807) is 6.33 Å². The minimum Gasteiger partial charge on any atom is -0.348 e. The van der Waals surface area contributed by atoms with Crippen molar-refractivity contribution in [3.8, 4) is 0 Å². The summed E-state index contributed by atoms with van der Waals surface area (Å²) < 4.78 is 0. The van der Waals surface area contributed by atoms with Crippen LogP contribution < -0.4 is 5.32 Å². The number of aromatic nitrogens is 2. The summed E-state index contributed by atoms with van der Waals surface area (Å²) in [5.74, 6) is 0.921. The Kier molecular flexibility index (Phi) is 7.83. The molecule has 1 fully saturated rings. The SMILES string of the molecule is Cl.Cl.c1ncc(CCC2CCNCC2)[nH]1. The Balaban J connectivity index is 0.000000980. The van der Waals surface area contributed by atoms with Crippen LogP contribution in [0, 0.1) is 5.92 Å². The second kappa shape index (κ2) is 7.97. The van der Waals surface area contributed by atoms with E-state index < -0.39 is 0 Å². The second-order valence-electron chi connectivity index (χ2n) is 3.81. The summed E-state index contributed by atoms with van der Waals surface area (Å²) in [7, 11) is 0. The molecule has 5 heteroatoms. The Morgan fingerprint density at radius 2 is 2.00 bits per heavy atom. The largest absolute Gasteiger partial charge is 0.348 e. The Bertz CT molecular complexity index is 233. The minimum atomic E-state index is 0. The summed E-state index contributed by atoms with van der Waals surface area (Å²) in [5, 5.41) is 3.39. The van der Waals surface area contributed by atoms with E-state index >= 15 is 0 Å². The lowest BCUT2D eigenvalue weighted by Gasteiger charge is -2.21. The van der Waals surface area contributed by atoms with E-state index in [4.69, 9.17) is 0 Å². The molecule has 0 saturated carbocycles. The number of nitrogens with one attached hydrogen (secondary N) is 2. The summed E-state index contributed by atoms with van der Waals surface area (Å²) in [4.78, 5) is 7.17. The van der Waals surface area contributed by atoms with E-state index in [1.165, 1.54) is 38.0 Å². The molecule has 2 rings (SSSR count). The van der Waals surface area contributed by atoms with Crippen LogP contribution >= 0.6 is 24.8 Å². The van der Waals surface area contributed by atoms with Gasteiger partial charge in [-0.05, 0) is 44.7 Å². The van der Waals surface area contributed by atoms with Crippen LogP contribution in [-0.4, -0.2) is 23.1 Å². The van der Waals surface area contributed by atoms with Crippen LogP contribution in [-0.2, 0) is 6.42 Å². The van der Waals surface area contributed by atoms with Gasteiger partial charge in [0.05, 0.1) is 6.33 Å². The van der Waals surface area contributed by atoms with Gasteiger partial charge in [-0.25, -0.2) is 4.98 Å². The number of H-pyrrole nitrogens is 1. The van der Waals surface area contributed by atoms with E-state index in [-0.39, 0.29) is 24.8 Å². The molecule has 1 saturated heterocycles. The zero-order valence-corrected chi connectivity index (χ0v) is 10.4. The number of nitrogens with zero attached hydrogens (tertiary/aromatic N) is 1. The van der Waals surface area contributed by atoms with Gasteiger partial charge in [-0.15, -0.1) is 24.8 Å². The van der Waals surface area contributed by atoms with Crippen molar-refractivity contribution >= 4 is 24.8 Å². The van der Waals surface area contributed by atoms with Crippen molar-refractivity contribution in [3.63, 3.8) is 0 Å². The lowest BCUT2D eigenvalue weighted by molar-refractivity contribution is 0.353. The first-order valence-electron chi connectivity index (χ1n) is 5.13. The molecule has 0 unspecified atom stereocenters. The molecule has 88 valence electrons. The molecular formula is C10H19Cl2N3. The maximum absolute atomic E-state index is 4.02. The normalized spacial score (nSPS) is 16.5. The maximum atomic E-state index is 4.02. The minimum absolute atomic E-state index is 0. The fraction of sp³-hybridized carbons (Fsp3) is 0.700. The summed E-state index contributed by atoms with van der Waals surface area (Å²) in [6.07, 6.45) is 8.84. The van der Waals surface area contributed by atoms with Crippen molar-refractivity contribution in [2.45, 2.75) is 25.7 Å². The molecule has 3 nitrogen and oxygen atoms in total. The summed E-state index contributed by atoms with van der Waals surface area (Å²) in [5.41, 5.74) is 1.28. The van der Waals surface area contributed by atoms with Crippen LogP contribution in [0.15, 0.2) is 12.5 Å². The molecule has 0 atom stereocenters. The van der Waals surface area contributed by atoms with Gasteiger partial charge < -0.3 is 10.3 Å². The average molecular weight is 252 g/mol. The highest BCUT2D eigenvalue weighted by Gasteiger charge is 2.12. The first kappa shape index (κ1) is 14.8. The topological polar surface area (TPSA) is 40.7 Å². The summed E-state index contributed by atoms with van der Waals surface area (Å²) in [6, 6.07) is 0. The van der Waals surface area contributed by atoms with Gasteiger partial charge >= 0.3 is 0 Å². The molecule has 0 bridgehead atoms. The third-order valence-corrected chi connectivity index (χ3v) is 2.84. The van der Waals surface area contributed by atoms with Gasteiger partial charge in [0.2, 0.25) is 0 Å². The van der Waals surface area contributed by atoms with Crippen molar-refractivity contribution in [1.29, 1.82) is 0 Å². The highest BCUT2D eigenvalue weighted by Crippen LogP contribution is 2.17. The molecule has 0 amide bonds. The van der Waals surface area contributed by atoms with Gasteiger partial charge in [0.25, 0.3) is 0 Å². The van der Waals surface area contributed by atoms with Crippen molar-refractivity contribution in [2.75, 3.05) is 13.1 Å². The first-order chi connectivity index (χ1) is 6.45. The van der Waals surface area contributed by atoms with Gasteiger partial charge in [0, 0.05) is 11.9 Å². The standard InChI is InChI=1S/C10H17N3.2ClH/c1(2-10-7-12-8-13-10)9-3-5-11-6-4-9;;/h7-9,11H,1-6H2,(H,12,13);2*1H. The van der Waals surface area contributed by atoms with Crippen LogP contribution in [0.4, 0.5) is 0 Å². The van der Waals surface area contributed by atoms with Crippen LogP contribution in [0.25, 0.3) is 0 Å². The predicted octanol–water partition coefficient (Wildman–Crippen LogP) is 2.19. The highest BCUT2D eigenvalue weighted by atomic mass is 35.5. The third kappa shape index (κ3) is 4.87. The fourth-order valence-electron chi connectivity index (χ4n) is 1.95. The van der Waals surface area contributed by atoms with Crippen molar-refractivity contribution in [2.24, 2.45) is 5.92 Å². The van der Waals surface area contributed by atoms with Gasteiger partial charge in [-0.2, -0.15) is 0 Å². The highest BCUT2D eigenvalue weighted by molar-refractivity contribution is 5.85.